The Hall–Kier alpha value is -4.62. The fourth-order valence-corrected chi connectivity index (χ4v) is 4.51. The monoisotopic (exact) mass is 521 g/mol. The Kier molecular flexibility index (Phi) is 7.89. The van der Waals surface area contributed by atoms with Crippen molar-refractivity contribution in [2.45, 2.75) is 6.42 Å². The van der Waals surface area contributed by atoms with E-state index in [0.717, 1.165) is 31.0 Å². The number of pyridine rings is 1. The minimum Gasteiger partial charge on any atom is -0.497 e. The maximum Gasteiger partial charge on any atom is 0.257 e. The number of benzene rings is 4. The van der Waals surface area contributed by atoms with E-state index in [9.17, 15) is 9.59 Å². The number of hydrogen-bond donors (Lipinski definition) is 2. The van der Waals surface area contributed by atoms with Crippen LogP contribution in [0.4, 0.5) is 5.69 Å². The highest BCUT2D eigenvalue weighted by molar-refractivity contribution is 6.13. The van der Waals surface area contributed by atoms with Crippen LogP contribution in [0.5, 0.6) is 11.5 Å². The van der Waals surface area contributed by atoms with Crippen molar-refractivity contribution in [3.8, 4) is 11.5 Å². The Bertz CT molecular complexity index is 1640. The van der Waals surface area contributed by atoms with E-state index in [2.05, 4.69) is 34.4 Å². The van der Waals surface area contributed by atoms with Crippen molar-refractivity contribution in [1.82, 2.24) is 9.88 Å². The highest BCUT2D eigenvalue weighted by Crippen LogP contribution is 2.21. The molecule has 7 nitrogen and oxygen atoms in total. The number of aromatic nitrogens is 1. The largest absolute Gasteiger partial charge is 0.497 e. The zero-order valence-electron chi connectivity index (χ0n) is 22.1. The van der Waals surface area contributed by atoms with Gasteiger partial charge < -0.3 is 24.7 Å². The molecule has 0 fully saturated rings. The van der Waals surface area contributed by atoms with E-state index in [1.165, 1.54) is 5.56 Å². The molecule has 0 atom stereocenters. The molecule has 0 radical (unpaired) electrons. The molecule has 2 N–H and O–H groups in total. The molecule has 0 saturated heterocycles. The minimum absolute atomic E-state index is 0.0955. The number of nitrogens with one attached hydrogen (secondary N) is 2. The zero-order valence-corrected chi connectivity index (χ0v) is 22.1. The second-order valence-corrected chi connectivity index (χ2v) is 9.46. The van der Waals surface area contributed by atoms with Crippen molar-refractivity contribution in [1.29, 1.82) is 0 Å². The molecule has 0 aliphatic carbocycles. The quantitative estimate of drug-likeness (QED) is 0.237. The lowest BCUT2D eigenvalue weighted by Gasteiger charge is -2.17. The number of carbonyl (C=O) groups is 1. The third-order valence-corrected chi connectivity index (χ3v) is 6.78. The third-order valence-electron chi connectivity index (χ3n) is 6.78. The Labute approximate surface area is 227 Å². The van der Waals surface area contributed by atoms with Crippen molar-refractivity contribution < 1.29 is 14.3 Å². The fraction of sp³-hybridized carbons (Fsp3) is 0.188. The Morgan fingerprint density at radius 3 is 2.33 bits per heavy atom. The first kappa shape index (κ1) is 26.0. The van der Waals surface area contributed by atoms with E-state index in [0.29, 0.717) is 39.7 Å². The van der Waals surface area contributed by atoms with Gasteiger partial charge in [-0.25, -0.2) is 0 Å². The summed E-state index contributed by atoms with van der Waals surface area (Å²) in [4.78, 5) is 31.6. The van der Waals surface area contributed by atoms with Crippen LogP contribution in [-0.4, -0.2) is 49.6 Å². The number of hydrogen-bond acceptors (Lipinski definition) is 5. The van der Waals surface area contributed by atoms with Crippen LogP contribution in [-0.2, 0) is 6.42 Å². The molecule has 5 rings (SSSR count). The molecule has 39 heavy (non-hydrogen) atoms. The molecule has 1 heterocycles. The van der Waals surface area contributed by atoms with E-state index in [1.807, 2.05) is 54.6 Å². The van der Waals surface area contributed by atoms with Crippen molar-refractivity contribution in [3.63, 3.8) is 0 Å². The van der Waals surface area contributed by atoms with E-state index in [-0.39, 0.29) is 11.3 Å². The summed E-state index contributed by atoms with van der Waals surface area (Å²) in [5, 5.41) is 4.01. The number of H-pyrrole nitrogens is 1. The average molecular weight is 522 g/mol. The Morgan fingerprint density at radius 1 is 0.846 bits per heavy atom. The summed E-state index contributed by atoms with van der Waals surface area (Å²) >= 11 is 0. The summed E-state index contributed by atoms with van der Waals surface area (Å²) in [5.74, 6) is 1.31. The number of fused-ring (bicyclic) bond motifs is 2. The number of aromatic amines is 1. The SMILES string of the molecule is COc1ccc(CCN(C)CCOc2ccc(NC(=O)c3cccc4c(=O)c5ccccc5[nH]c34)cc2)cc1. The number of nitrogens with zero attached hydrogens (tertiary/aromatic N) is 1. The molecule has 0 unspecified atom stereocenters. The van der Waals surface area contributed by atoms with Crippen molar-refractivity contribution in [2.75, 3.05) is 39.2 Å². The maximum absolute atomic E-state index is 13.1. The summed E-state index contributed by atoms with van der Waals surface area (Å²) in [6.07, 6.45) is 0.954. The predicted molar refractivity (Wildman–Crippen MR) is 156 cm³/mol. The van der Waals surface area contributed by atoms with Crippen LogP contribution in [0.1, 0.15) is 15.9 Å². The molecule has 0 saturated carbocycles. The number of likely N-dealkylation sites (N-methyl/N-ethyl adjacent to an activating group) is 1. The standard InChI is InChI=1S/C32H31N3O4/c1-35(19-18-22-10-14-24(38-2)15-11-22)20-21-39-25-16-12-23(13-17-25)33-32(37)28-8-5-7-27-30(28)34-29-9-4-3-6-26(29)31(27)36/h3-17H,18-21H2,1-2H3,(H,33,37)(H,34,36). The summed E-state index contributed by atoms with van der Waals surface area (Å²) < 4.78 is 11.1. The van der Waals surface area contributed by atoms with Crippen LogP contribution < -0.4 is 20.2 Å². The van der Waals surface area contributed by atoms with E-state index in [4.69, 9.17) is 9.47 Å². The molecule has 1 aromatic heterocycles. The van der Waals surface area contributed by atoms with Crippen LogP contribution in [0.3, 0.4) is 0 Å². The number of ether oxygens (including phenoxy) is 2. The van der Waals surface area contributed by atoms with Gasteiger partial charge in [-0.05, 0) is 79.7 Å². The normalized spacial score (nSPS) is 11.2. The zero-order chi connectivity index (χ0) is 27.2. The van der Waals surface area contributed by atoms with Gasteiger partial charge in [-0.1, -0.05) is 30.3 Å². The minimum atomic E-state index is -0.293. The Balaban J connectivity index is 1.15. The molecule has 0 bridgehead atoms. The van der Waals surface area contributed by atoms with Gasteiger partial charge in [-0.15, -0.1) is 0 Å². The molecule has 0 aliphatic heterocycles. The van der Waals surface area contributed by atoms with Crippen LogP contribution in [0.25, 0.3) is 21.8 Å². The topological polar surface area (TPSA) is 83.7 Å². The van der Waals surface area contributed by atoms with E-state index >= 15 is 0 Å². The predicted octanol–water partition coefficient (Wildman–Crippen LogP) is 5.50. The summed E-state index contributed by atoms with van der Waals surface area (Å²) in [6.45, 7) is 2.28. The van der Waals surface area contributed by atoms with Crippen LogP contribution in [0.2, 0.25) is 0 Å². The second-order valence-electron chi connectivity index (χ2n) is 9.46. The van der Waals surface area contributed by atoms with Gasteiger partial charge in [0.15, 0.2) is 5.43 Å². The first-order chi connectivity index (χ1) is 19.0. The number of methoxy groups -OCH3 is 1. The van der Waals surface area contributed by atoms with Gasteiger partial charge in [-0.2, -0.15) is 0 Å². The van der Waals surface area contributed by atoms with Crippen LogP contribution in [0.15, 0.2) is 95.8 Å². The van der Waals surface area contributed by atoms with Crippen LogP contribution in [0, 0.1) is 0 Å². The molecule has 0 aliphatic rings. The highest BCUT2D eigenvalue weighted by Gasteiger charge is 2.14. The molecular formula is C32H31N3O4. The molecule has 0 spiro atoms. The first-order valence-electron chi connectivity index (χ1n) is 12.9. The number of rotatable bonds is 10. The smallest absolute Gasteiger partial charge is 0.257 e. The average Bonchev–Trinajstić information content (AvgIpc) is 2.97. The number of anilines is 1. The molecule has 1 amide bonds. The maximum atomic E-state index is 13.1. The van der Waals surface area contributed by atoms with Gasteiger partial charge in [-0.3, -0.25) is 9.59 Å². The van der Waals surface area contributed by atoms with Gasteiger partial charge in [0.05, 0.1) is 18.2 Å². The third kappa shape index (κ3) is 6.10. The summed E-state index contributed by atoms with van der Waals surface area (Å²) in [5.41, 5.74) is 3.45. The number of carbonyl (C=O) groups excluding carboxylic acids is 1. The Morgan fingerprint density at radius 2 is 1.56 bits per heavy atom. The van der Waals surface area contributed by atoms with Gasteiger partial charge in [0.1, 0.15) is 18.1 Å². The summed E-state index contributed by atoms with van der Waals surface area (Å²) in [6, 6.07) is 27.9. The fourth-order valence-electron chi connectivity index (χ4n) is 4.51. The van der Waals surface area contributed by atoms with Gasteiger partial charge >= 0.3 is 0 Å². The van der Waals surface area contributed by atoms with Gasteiger partial charge in [0.2, 0.25) is 0 Å². The number of amides is 1. The lowest BCUT2D eigenvalue weighted by Crippen LogP contribution is -2.26. The molecule has 4 aromatic carbocycles. The summed E-state index contributed by atoms with van der Waals surface area (Å²) in [7, 11) is 3.75. The molecule has 198 valence electrons. The lowest BCUT2D eigenvalue weighted by atomic mass is 10.1. The first-order valence-corrected chi connectivity index (χ1v) is 12.9. The number of para-hydroxylation sites is 2. The molecular weight excluding hydrogens is 490 g/mol. The molecule has 5 aromatic rings. The lowest BCUT2D eigenvalue weighted by molar-refractivity contribution is 0.102. The van der Waals surface area contributed by atoms with Crippen molar-refractivity contribution in [2.24, 2.45) is 0 Å². The van der Waals surface area contributed by atoms with E-state index < -0.39 is 0 Å². The van der Waals surface area contributed by atoms with Crippen molar-refractivity contribution >= 4 is 33.4 Å². The van der Waals surface area contributed by atoms with Gasteiger partial charge in [0, 0.05) is 35.1 Å². The second kappa shape index (κ2) is 11.8. The molecule has 7 heteroatoms. The van der Waals surface area contributed by atoms with E-state index in [1.54, 1.807) is 31.4 Å². The van der Waals surface area contributed by atoms with Crippen LogP contribution >= 0.6 is 0 Å². The highest BCUT2D eigenvalue weighted by atomic mass is 16.5. The van der Waals surface area contributed by atoms with Crippen molar-refractivity contribution in [3.05, 3.63) is 112 Å². The van der Waals surface area contributed by atoms with Gasteiger partial charge in [0.25, 0.3) is 5.91 Å².